The Balaban J connectivity index is 1.78. The van der Waals surface area contributed by atoms with Gasteiger partial charge in [-0.2, -0.15) is 0 Å². The van der Waals surface area contributed by atoms with E-state index in [1.807, 2.05) is 4.57 Å². The molecule has 0 unspecified atom stereocenters. The lowest BCUT2D eigenvalue weighted by Gasteiger charge is -2.32. The van der Waals surface area contributed by atoms with Crippen molar-refractivity contribution in [2.75, 3.05) is 20.2 Å². The summed E-state index contributed by atoms with van der Waals surface area (Å²) in [6.07, 6.45) is 3.59. The van der Waals surface area contributed by atoms with Crippen LogP contribution in [-0.4, -0.2) is 45.8 Å². The minimum absolute atomic E-state index is 0.137. The molecule has 1 fully saturated rings. The first-order chi connectivity index (χ1) is 12.0. The van der Waals surface area contributed by atoms with Crippen molar-refractivity contribution < 1.29 is 13.9 Å². The topological polar surface area (TPSA) is 60.2 Å². The van der Waals surface area contributed by atoms with E-state index in [2.05, 4.69) is 24.0 Å². The second-order valence-corrected chi connectivity index (χ2v) is 6.63. The van der Waals surface area contributed by atoms with Gasteiger partial charge in [0.1, 0.15) is 12.2 Å². The summed E-state index contributed by atoms with van der Waals surface area (Å²) in [4.78, 5) is 14.5. The average molecular weight is 346 g/mol. The maximum Gasteiger partial charge on any atom is 0.253 e. The van der Waals surface area contributed by atoms with E-state index < -0.39 is 5.82 Å². The minimum Gasteiger partial charge on any atom is -0.494 e. The summed E-state index contributed by atoms with van der Waals surface area (Å²) in [5, 5.41) is 8.29. The van der Waals surface area contributed by atoms with Gasteiger partial charge in [0.15, 0.2) is 11.6 Å². The lowest BCUT2D eigenvalue weighted by Crippen LogP contribution is -2.39. The number of aromatic nitrogens is 3. The summed E-state index contributed by atoms with van der Waals surface area (Å²) < 4.78 is 20.9. The predicted octanol–water partition coefficient (Wildman–Crippen LogP) is 3.03. The van der Waals surface area contributed by atoms with Crippen molar-refractivity contribution in [3.63, 3.8) is 0 Å². The Morgan fingerprint density at radius 2 is 2.20 bits per heavy atom. The number of piperidine rings is 1. The summed E-state index contributed by atoms with van der Waals surface area (Å²) in [6, 6.07) is 4.59. The number of nitrogens with zero attached hydrogens (tertiary/aromatic N) is 4. The van der Waals surface area contributed by atoms with E-state index in [0.29, 0.717) is 18.7 Å². The fraction of sp³-hybridized carbons (Fsp3) is 0.500. The number of hydrogen-bond acceptors (Lipinski definition) is 4. The fourth-order valence-electron chi connectivity index (χ4n) is 3.30. The van der Waals surface area contributed by atoms with Gasteiger partial charge in [0.25, 0.3) is 5.91 Å². The molecule has 1 saturated heterocycles. The Morgan fingerprint density at radius 3 is 2.88 bits per heavy atom. The van der Waals surface area contributed by atoms with E-state index in [0.717, 1.165) is 18.7 Å². The van der Waals surface area contributed by atoms with Gasteiger partial charge in [-0.25, -0.2) is 4.39 Å². The number of carbonyl (C=O) groups excluding carboxylic acids is 1. The number of benzene rings is 1. The third kappa shape index (κ3) is 3.50. The molecule has 0 spiro atoms. The molecule has 0 saturated carbocycles. The van der Waals surface area contributed by atoms with Crippen LogP contribution >= 0.6 is 0 Å². The fourth-order valence-corrected chi connectivity index (χ4v) is 3.30. The molecule has 0 bridgehead atoms. The normalized spacial score (nSPS) is 17.8. The zero-order valence-electron chi connectivity index (χ0n) is 14.8. The lowest BCUT2D eigenvalue weighted by molar-refractivity contribution is 0.0702. The van der Waals surface area contributed by atoms with Crippen molar-refractivity contribution in [1.82, 2.24) is 19.7 Å². The van der Waals surface area contributed by atoms with E-state index in [9.17, 15) is 9.18 Å². The van der Waals surface area contributed by atoms with Crippen LogP contribution in [0.25, 0.3) is 0 Å². The highest BCUT2D eigenvalue weighted by atomic mass is 19.1. The number of halogens is 1. The van der Waals surface area contributed by atoms with Gasteiger partial charge in [0.05, 0.1) is 7.11 Å². The molecule has 1 amide bonds. The monoisotopic (exact) mass is 346 g/mol. The highest BCUT2D eigenvalue weighted by Gasteiger charge is 2.29. The van der Waals surface area contributed by atoms with Gasteiger partial charge in [-0.3, -0.25) is 4.79 Å². The van der Waals surface area contributed by atoms with Crippen LogP contribution < -0.4 is 4.74 Å². The van der Waals surface area contributed by atoms with Gasteiger partial charge < -0.3 is 14.2 Å². The Kier molecular flexibility index (Phi) is 5.01. The second kappa shape index (κ2) is 7.21. The van der Waals surface area contributed by atoms with E-state index in [4.69, 9.17) is 4.74 Å². The van der Waals surface area contributed by atoms with Gasteiger partial charge in [-0.1, -0.05) is 0 Å². The first-order valence-electron chi connectivity index (χ1n) is 8.53. The molecule has 3 rings (SSSR count). The Morgan fingerprint density at radius 1 is 1.40 bits per heavy atom. The third-order valence-electron chi connectivity index (χ3n) is 4.63. The summed E-state index contributed by atoms with van der Waals surface area (Å²) in [5.74, 6) is 0.500. The maximum absolute atomic E-state index is 13.9. The van der Waals surface area contributed by atoms with Crippen molar-refractivity contribution >= 4 is 5.91 Å². The Labute approximate surface area is 146 Å². The molecule has 0 radical (unpaired) electrons. The van der Waals surface area contributed by atoms with Crippen LogP contribution in [0.5, 0.6) is 5.75 Å². The molecule has 0 N–H and O–H groups in total. The highest BCUT2D eigenvalue weighted by molar-refractivity contribution is 5.94. The molecule has 2 aromatic rings. The molecule has 1 aliphatic heterocycles. The van der Waals surface area contributed by atoms with E-state index >= 15 is 0 Å². The van der Waals surface area contributed by atoms with Crippen LogP contribution in [0.1, 0.15) is 54.8 Å². The SMILES string of the molecule is COc1ccc(C(=O)N2CCC[C@H](c3nncn3C(C)C)C2)cc1F. The zero-order valence-corrected chi connectivity index (χ0v) is 14.8. The third-order valence-corrected chi connectivity index (χ3v) is 4.63. The summed E-state index contributed by atoms with van der Waals surface area (Å²) in [7, 11) is 1.40. The highest BCUT2D eigenvalue weighted by Crippen LogP contribution is 2.28. The van der Waals surface area contributed by atoms with Gasteiger partial charge in [-0.15, -0.1) is 10.2 Å². The van der Waals surface area contributed by atoms with Crippen molar-refractivity contribution in [3.05, 3.63) is 41.7 Å². The number of amides is 1. The molecule has 25 heavy (non-hydrogen) atoms. The standard InChI is InChI=1S/C18H23FN4O2/c1-12(2)23-11-20-21-17(23)14-5-4-8-22(10-14)18(24)13-6-7-16(25-3)15(19)9-13/h6-7,9,11-12,14H,4-5,8,10H2,1-3H3/t14-/m0/s1. The Hall–Kier alpha value is -2.44. The first kappa shape index (κ1) is 17.4. The number of hydrogen-bond donors (Lipinski definition) is 0. The first-order valence-corrected chi connectivity index (χ1v) is 8.53. The molecular formula is C18H23FN4O2. The molecule has 7 heteroatoms. The Bertz CT molecular complexity index is 759. The number of methoxy groups -OCH3 is 1. The molecule has 1 aromatic heterocycles. The molecule has 134 valence electrons. The van der Waals surface area contributed by atoms with Crippen molar-refractivity contribution in [2.24, 2.45) is 0 Å². The van der Waals surface area contributed by atoms with Gasteiger partial charge in [-0.05, 0) is 44.9 Å². The smallest absolute Gasteiger partial charge is 0.253 e. The van der Waals surface area contributed by atoms with Gasteiger partial charge >= 0.3 is 0 Å². The second-order valence-electron chi connectivity index (χ2n) is 6.63. The van der Waals surface area contributed by atoms with E-state index in [1.54, 1.807) is 17.3 Å². The van der Waals surface area contributed by atoms with E-state index in [1.165, 1.54) is 19.2 Å². The van der Waals surface area contributed by atoms with Crippen LogP contribution in [0.15, 0.2) is 24.5 Å². The van der Waals surface area contributed by atoms with Crippen LogP contribution in [0.3, 0.4) is 0 Å². The van der Waals surface area contributed by atoms with Crippen molar-refractivity contribution in [3.8, 4) is 5.75 Å². The molecule has 1 aliphatic rings. The molecule has 0 aliphatic carbocycles. The largest absolute Gasteiger partial charge is 0.494 e. The van der Waals surface area contributed by atoms with Crippen LogP contribution in [0, 0.1) is 5.82 Å². The number of likely N-dealkylation sites (tertiary alicyclic amines) is 1. The summed E-state index contributed by atoms with van der Waals surface area (Å²) in [6.45, 7) is 5.40. The molecule has 6 nitrogen and oxygen atoms in total. The zero-order chi connectivity index (χ0) is 18.0. The number of carbonyl (C=O) groups is 1. The number of ether oxygens (including phenoxy) is 1. The lowest BCUT2D eigenvalue weighted by atomic mass is 9.96. The van der Waals surface area contributed by atoms with Crippen LogP contribution in [-0.2, 0) is 0 Å². The van der Waals surface area contributed by atoms with E-state index in [-0.39, 0.29) is 23.6 Å². The van der Waals surface area contributed by atoms with Gasteiger partial charge in [0, 0.05) is 30.6 Å². The van der Waals surface area contributed by atoms with Crippen LogP contribution in [0.4, 0.5) is 4.39 Å². The van der Waals surface area contributed by atoms with Crippen molar-refractivity contribution in [1.29, 1.82) is 0 Å². The molecule has 2 heterocycles. The maximum atomic E-state index is 13.9. The van der Waals surface area contributed by atoms with Gasteiger partial charge in [0.2, 0.25) is 0 Å². The molecule has 1 aromatic carbocycles. The van der Waals surface area contributed by atoms with Crippen LogP contribution in [0.2, 0.25) is 0 Å². The number of rotatable bonds is 4. The van der Waals surface area contributed by atoms with Crippen molar-refractivity contribution in [2.45, 2.75) is 38.6 Å². The molecular weight excluding hydrogens is 323 g/mol. The quantitative estimate of drug-likeness (QED) is 0.854. The molecule has 1 atom stereocenters. The minimum atomic E-state index is -0.526. The predicted molar refractivity (Wildman–Crippen MR) is 91.2 cm³/mol. The summed E-state index contributed by atoms with van der Waals surface area (Å²) in [5.41, 5.74) is 0.337. The summed E-state index contributed by atoms with van der Waals surface area (Å²) >= 11 is 0. The average Bonchev–Trinajstić information content (AvgIpc) is 3.11.